The molecule has 7 nitrogen and oxygen atoms in total. The number of benzene rings is 1. The molecule has 1 aromatic carbocycles. The molecule has 32 heavy (non-hydrogen) atoms. The average Bonchev–Trinajstić information content (AvgIpc) is 3.27. The third kappa shape index (κ3) is 3.73. The molecule has 1 aliphatic rings. The first-order chi connectivity index (χ1) is 15.5. The van der Waals surface area contributed by atoms with E-state index in [4.69, 9.17) is 0 Å². The summed E-state index contributed by atoms with van der Waals surface area (Å²) in [4.78, 5) is 23.2. The molecule has 4 heterocycles. The number of fused-ring (bicyclic) bond motifs is 1. The summed E-state index contributed by atoms with van der Waals surface area (Å²) in [5.41, 5.74) is 4.21. The lowest BCUT2D eigenvalue weighted by atomic mass is 10.1. The summed E-state index contributed by atoms with van der Waals surface area (Å²) in [5, 5.41) is 3.29. The highest BCUT2D eigenvalue weighted by atomic mass is 19.1. The van der Waals surface area contributed by atoms with Crippen molar-refractivity contribution in [3.63, 3.8) is 0 Å². The van der Waals surface area contributed by atoms with Gasteiger partial charge in [0, 0.05) is 61.6 Å². The zero-order chi connectivity index (χ0) is 22.2. The van der Waals surface area contributed by atoms with Crippen molar-refractivity contribution in [3.8, 4) is 11.3 Å². The van der Waals surface area contributed by atoms with Crippen molar-refractivity contribution < 1.29 is 4.39 Å². The minimum absolute atomic E-state index is 0.164. The van der Waals surface area contributed by atoms with E-state index in [0.29, 0.717) is 23.1 Å². The van der Waals surface area contributed by atoms with E-state index in [9.17, 15) is 9.18 Å². The zero-order valence-corrected chi connectivity index (χ0v) is 18.0. The highest BCUT2D eigenvalue weighted by Gasteiger charge is 2.23. The van der Waals surface area contributed by atoms with E-state index in [2.05, 4.69) is 39.1 Å². The molecule has 1 fully saturated rings. The zero-order valence-electron chi connectivity index (χ0n) is 18.0. The SMILES string of the molecule is CC1CN(c2ccc(Nc3ccc(-c4cc[nH]c(=O)c4)n4ccnc34)cc2F)CCN1C. The molecular formula is C24H25FN6O. The maximum atomic E-state index is 15.0. The van der Waals surface area contributed by atoms with E-state index in [1.165, 1.54) is 6.07 Å². The molecule has 1 aliphatic heterocycles. The van der Waals surface area contributed by atoms with Crippen LogP contribution >= 0.6 is 0 Å². The van der Waals surface area contributed by atoms with E-state index >= 15 is 0 Å². The Kier molecular flexibility index (Phi) is 5.14. The Labute approximate surface area is 185 Å². The van der Waals surface area contributed by atoms with Crippen LogP contribution in [-0.2, 0) is 0 Å². The maximum absolute atomic E-state index is 15.0. The molecular weight excluding hydrogens is 407 g/mol. The molecule has 5 rings (SSSR count). The number of halogens is 1. The quantitative estimate of drug-likeness (QED) is 0.515. The third-order valence-electron chi connectivity index (χ3n) is 6.15. The lowest BCUT2D eigenvalue weighted by Gasteiger charge is -2.39. The van der Waals surface area contributed by atoms with Gasteiger partial charge in [-0.15, -0.1) is 0 Å². The van der Waals surface area contributed by atoms with Crippen LogP contribution in [0.1, 0.15) is 6.92 Å². The van der Waals surface area contributed by atoms with Crippen LogP contribution in [0.2, 0.25) is 0 Å². The number of likely N-dealkylation sites (N-methyl/N-ethyl adjacent to an activating group) is 1. The van der Waals surface area contributed by atoms with Gasteiger partial charge in [-0.1, -0.05) is 0 Å². The lowest BCUT2D eigenvalue weighted by molar-refractivity contribution is 0.233. The summed E-state index contributed by atoms with van der Waals surface area (Å²) in [5.74, 6) is -0.244. The summed E-state index contributed by atoms with van der Waals surface area (Å²) in [6.07, 6.45) is 5.17. The highest BCUT2D eigenvalue weighted by molar-refractivity contribution is 5.78. The van der Waals surface area contributed by atoms with Gasteiger partial charge in [-0.3, -0.25) is 9.20 Å². The molecule has 1 unspecified atom stereocenters. The predicted octanol–water partition coefficient (Wildman–Crippen LogP) is 3.71. The van der Waals surface area contributed by atoms with E-state index < -0.39 is 0 Å². The van der Waals surface area contributed by atoms with Gasteiger partial charge in [-0.25, -0.2) is 9.37 Å². The second-order valence-corrected chi connectivity index (χ2v) is 8.26. The topological polar surface area (TPSA) is 68.7 Å². The smallest absolute Gasteiger partial charge is 0.248 e. The molecule has 1 atom stereocenters. The van der Waals surface area contributed by atoms with Gasteiger partial charge < -0.3 is 20.1 Å². The fourth-order valence-corrected chi connectivity index (χ4v) is 4.21. The standard InChI is InChI=1S/C24H25FN6O/c1-16-15-30(12-11-29(16)2)22-5-3-18(14-19(22)25)28-20-4-6-21(31-10-9-27-24(20)31)17-7-8-26-23(32)13-17/h3-10,13-14,16,28H,11-12,15H2,1-2H3,(H,26,32). The summed E-state index contributed by atoms with van der Waals surface area (Å²) in [7, 11) is 2.10. The number of anilines is 3. The van der Waals surface area contributed by atoms with Crippen LogP contribution < -0.4 is 15.8 Å². The Hall–Kier alpha value is -3.65. The first kappa shape index (κ1) is 20.3. The van der Waals surface area contributed by atoms with Gasteiger partial charge in [-0.05, 0) is 50.4 Å². The Balaban J connectivity index is 1.43. The van der Waals surface area contributed by atoms with Crippen molar-refractivity contribution in [2.24, 2.45) is 0 Å². The van der Waals surface area contributed by atoms with Crippen LogP contribution in [-0.4, -0.2) is 52.0 Å². The van der Waals surface area contributed by atoms with Crippen LogP contribution in [0.25, 0.3) is 16.9 Å². The number of hydrogen-bond donors (Lipinski definition) is 2. The first-order valence-electron chi connectivity index (χ1n) is 10.7. The van der Waals surface area contributed by atoms with E-state index in [1.807, 2.05) is 40.9 Å². The second kappa shape index (κ2) is 8.12. The van der Waals surface area contributed by atoms with Crippen molar-refractivity contribution in [3.05, 3.63) is 77.2 Å². The maximum Gasteiger partial charge on any atom is 0.248 e. The molecule has 2 N–H and O–H groups in total. The van der Waals surface area contributed by atoms with Crippen LogP contribution in [0, 0.1) is 5.82 Å². The highest BCUT2D eigenvalue weighted by Crippen LogP contribution is 2.30. The largest absolute Gasteiger partial charge is 0.366 e. The number of imidazole rings is 1. The predicted molar refractivity (Wildman–Crippen MR) is 125 cm³/mol. The molecule has 0 spiro atoms. The molecule has 8 heteroatoms. The van der Waals surface area contributed by atoms with Gasteiger partial charge in [0.15, 0.2) is 5.65 Å². The molecule has 0 radical (unpaired) electrons. The fraction of sp³-hybridized carbons (Fsp3) is 0.250. The summed E-state index contributed by atoms with van der Waals surface area (Å²) >= 11 is 0. The average molecular weight is 433 g/mol. The first-order valence-corrected chi connectivity index (χ1v) is 10.7. The molecule has 0 bridgehead atoms. The molecule has 1 saturated heterocycles. The van der Waals surface area contributed by atoms with Crippen molar-refractivity contribution in [1.82, 2.24) is 19.3 Å². The minimum Gasteiger partial charge on any atom is -0.366 e. The monoisotopic (exact) mass is 432 g/mol. The number of piperazine rings is 1. The molecule has 0 saturated carbocycles. The number of H-pyrrole nitrogens is 1. The number of nitrogens with zero attached hydrogens (tertiary/aromatic N) is 4. The fourth-order valence-electron chi connectivity index (χ4n) is 4.21. The number of hydrogen-bond acceptors (Lipinski definition) is 5. The van der Waals surface area contributed by atoms with Crippen molar-refractivity contribution in [1.29, 1.82) is 0 Å². The Bertz CT molecular complexity index is 1330. The second-order valence-electron chi connectivity index (χ2n) is 8.26. The van der Waals surface area contributed by atoms with Gasteiger partial charge in [0.1, 0.15) is 5.82 Å². The van der Waals surface area contributed by atoms with Crippen LogP contribution in [0.5, 0.6) is 0 Å². The van der Waals surface area contributed by atoms with Crippen molar-refractivity contribution in [2.45, 2.75) is 13.0 Å². The molecule has 4 aromatic rings. The number of nitrogens with one attached hydrogen (secondary N) is 2. The van der Waals surface area contributed by atoms with Crippen molar-refractivity contribution in [2.75, 3.05) is 36.9 Å². The van der Waals surface area contributed by atoms with Crippen LogP contribution in [0.4, 0.5) is 21.5 Å². The molecule has 3 aromatic heterocycles. The molecule has 164 valence electrons. The van der Waals surface area contributed by atoms with Gasteiger partial charge >= 0.3 is 0 Å². The van der Waals surface area contributed by atoms with Gasteiger partial charge in [0.25, 0.3) is 0 Å². The Morgan fingerprint density at radius 2 is 2.03 bits per heavy atom. The number of aromatic amines is 1. The van der Waals surface area contributed by atoms with Crippen molar-refractivity contribution >= 4 is 22.7 Å². The van der Waals surface area contributed by atoms with Gasteiger partial charge in [-0.2, -0.15) is 0 Å². The lowest BCUT2D eigenvalue weighted by Crippen LogP contribution is -2.50. The molecule has 0 amide bonds. The number of aromatic nitrogens is 3. The van der Waals surface area contributed by atoms with Gasteiger partial charge in [0.05, 0.1) is 17.1 Å². The number of pyridine rings is 2. The number of rotatable bonds is 4. The van der Waals surface area contributed by atoms with E-state index in [-0.39, 0.29) is 11.4 Å². The molecule has 0 aliphatic carbocycles. The van der Waals surface area contributed by atoms with E-state index in [0.717, 1.165) is 36.6 Å². The normalized spacial score (nSPS) is 17.1. The summed E-state index contributed by atoms with van der Waals surface area (Å²) in [6, 6.07) is 12.9. The summed E-state index contributed by atoms with van der Waals surface area (Å²) in [6.45, 7) is 4.69. The third-order valence-corrected chi connectivity index (χ3v) is 6.15. The minimum atomic E-state index is -0.244. The van der Waals surface area contributed by atoms with Crippen LogP contribution in [0.15, 0.2) is 65.8 Å². The van der Waals surface area contributed by atoms with E-state index in [1.54, 1.807) is 18.5 Å². The Morgan fingerprint density at radius 1 is 1.16 bits per heavy atom. The summed E-state index contributed by atoms with van der Waals surface area (Å²) < 4.78 is 16.9. The van der Waals surface area contributed by atoms with Crippen LogP contribution in [0.3, 0.4) is 0 Å². The Morgan fingerprint density at radius 3 is 2.81 bits per heavy atom. The van der Waals surface area contributed by atoms with Gasteiger partial charge in [0.2, 0.25) is 5.56 Å².